The summed E-state index contributed by atoms with van der Waals surface area (Å²) in [5.41, 5.74) is 2.72. The second-order valence-electron chi connectivity index (χ2n) is 14.5. The number of aliphatic carboxylic acids is 1. The second kappa shape index (κ2) is 16.6. The lowest BCUT2D eigenvalue weighted by Crippen LogP contribution is -2.60. The Hall–Kier alpha value is -4.56. The first-order valence-electron chi connectivity index (χ1n) is 17.5. The van der Waals surface area contributed by atoms with Gasteiger partial charge in [-0.05, 0) is 96.4 Å². The van der Waals surface area contributed by atoms with E-state index in [1.807, 2.05) is 37.3 Å². The van der Waals surface area contributed by atoms with Gasteiger partial charge >= 0.3 is 18.0 Å². The molecule has 51 heavy (non-hydrogen) atoms. The van der Waals surface area contributed by atoms with Crippen molar-refractivity contribution in [1.29, 1.82) is 0 Å². The molecule has 2 aliphatic rings. The fourth-order valence-electron chi connectivity index (χ4n) is 5.88. The van der Waals surface area contributed by atoms with Crippen molar-refractivity contribution in [1.82, 2.24) is 26.1 Å². The van der Waals surface area contributed by atoms with Gasteiger partial charge < -0.3 is 30.0 Å². The maximum atomic E-state index is 13.9. The largest absolute Gasteiger partial charge is 0.480 e. The molecular weight excluding hydrogens is 658 g/mol. The fraction of sp³-hybridized carbons (Fsp3) is 0.568. The van der Waals surface area contributed by atoms with Gasteiger partial charge in [-0.15, -0.1) is 0 Å². The van der Waals surface area contributed by atoms with E-state index in [1.165, 1.54) is 11.9 Å². The van der Waals surface area contributed by atoms with Gasteiger partial charge in [-0.2, -0.15) is 0 Å². The Morgan fingerprint density at radius 3 is 2.43 bits per heavy atom. The summed E-state index contributed by atoms with van der Waals surface area (Å²) in [6, 6.07) is 7.13. The van der Waals surface area contributed by atoms with Gasteiger partial charge in [0.2, 0.25) is 0 Å². The Morgan fingerprint density at radius 1 is 1.06 bits per heavy atom. The van der Waals surface area contributed by atoms with Crippen molar-refractivity contribution in [3.8, 4) is 0 Å². The minimum Gasteiger partial charge on any atom is -0.480 e. The van der Waals surface area contributed by atoms with Gasteiger partial charge in [-0.3, -0.25) is 24.4 Å². The van der Waals surface area contributed by atoms with Crippen LogP contribution in [0, 0.1) is 5.92 Å². The van der Waals surface area contributed by atoms with Crippen molar-refractivity contribution in [2.45, 2.75) is 116 Å². The predicted molar refractivity (Wildman–Crippen MR) is 189 cm³/mol. The van der Waals surface area contributed by atoms with E-state index in [0.29, 0.717) is 50.0 Å². The molecule has 0 saturated carbocycles. The quantitative estimate of drug-likeness (QED) is 0.242. The molecule has 4 rings (SSSR count). The zero-order valence-corrected chi connectivity index (χ0v) is 30.5. The maximum absolute atomic E-state index is 13.9. The fourth-order valence-corrected chi connectivity index (χ4v) is 5.88. The number of ether oxygens (including phenoxy) is 3. The lowest BCUT2D eigenvalue weighted by molar-refractivity contribution is -0.181. The number of pyridine rings is 1. The van der Waals surface area contributed by atoms with Crippen molar-refractivity contribution in [2.24, 2.45) is 5.92 Å². The molecule has 2 fully saturated rings. The number of nitrogens with one attached hydrogen (secondary N) is 3. The van der Waals surface area contributed by atoms with Crippen LogP contribution in [0.5, 0.6) is 0 Å². The third-order valence-corrected chi connectivity index (χ3v) is 8.68. The predicted octanol–water partition coefficient (Wildman–Crippen LogP) is 4.43. The smallest absolute Gasteiger partial charge is 0.408 e. The van der Waals surface area contributed by atoms with Crippen LogP contribution in [0.25, 0.3) is 17.0 Å². The Morgan fingerprint density at radius 2 is 1.78 bits per heavy atom. The summed E-state index contributed by atoms with van der Waals surface area (Å²) < 4.78 is 17.3. The third kappa shape index (κ3) is 10.5. The Balaban J connectivity index is 1.47. The lowest BCUT2D eigenvalue weighted by atomic mass is 9.92. The number of aromatic nitrogens is 1. The highest BCUT2D eigenvalue weighted by atomic mass is 16.6. The number of fused-ring (bicyclic) bond motifs is 1. The number of carboxylic acid groups (broad SMARTS) is 1. The highest BCUT2D eigenvalue weighted by Crippen LogP contribution is 2.31. The molecule has 3 amide bonds. The number of nitrogens with zero attached hydrogens (tertiary/aromatic N) is 2. The standard InChI is InChI=1S/C37H51N5O9/c1-22(2)30(31(43)38-24(4)32(44)42-19-10-11-28(41-42)33(45)46)50-34(47)37(17-8-9-20-49-37)18-16-25-12-13-26-14-15-27(40-29(26)21-25)23(3)39-35(48)51-36(5,6)7/h12-16,18,21-24,28,30,41H,8-11,17,19-20H2,1-7H3,(H,38,43)(H,39,48)(H,45,46)/b18-16+/t23-,24?,28?,30?,37?/m1/s1. The van der Waals surface area contributed by atoms with Crippen LogP contribution in [-0.2, 0) is 33.4 Å². The van der Waals surface area contributed by atoms with Crippen LogP contribution in [0.3, 0.4) is 0 Å². The molecule has 2 aliphatic heterocycles. The summed E-state index contributed by atoms with van der Waals surface area (Å²) in [5.74, 6) is -3.35. The molecule has 4 unspecified atom stereocenters. The van der Waals surface area contributed by atoms with Gasteiger partial charge in [0.05, 0.1) is 17.3 Å². The number of rotatable bonds is 11. The molecule has 14 heteroatoms. The van der Waals surface area contributed by atoms with Gasteiger partial charge in [0.15, 0.2) is 11.7 Å². The molecule has 0 bridgehead atoms. The molecule has 5 atom stereocenters. The Labute approximate surface area is 298 Å². The van der Waals surface area contributed by atoms with Gasteiger partial charge in [-0.25, -0.2) is 15.0 Å². The van der Waals surface area contributed by atoms with Crippen LogP contribution >= 0.6 is 0 Å². The van der Waals surface area contributed by atoms with Crippen LogP contribution < -0.4 is 16.1 Å². The minimum atomic E-state index is -1.44. The van der Waals surface area contributed by atoms with Crippen LogP contribution in [0.2, 0.25) is 0 Å². The zero-order valence-electron chi connectivity index (χ0n) is 30.5. The van der Waals surface area contributed by atoms with Gasteiger partial charge in [0, 0.05) is 18.5 Å². The molecule has 0 spiro atoms. The number of hydrogen-bond acceptors (Lipinski definition) is 10. The monoisotopic (exact) mass is 709 g/mol. The van der Waals surface area contributed by atoms with E-state index in [2.05, 4.69) is 16.1 Å². The minimum absolute atomic E-state index is 0.302. The topological polar surface area (TPSA) is 185 Å². The molecule has 4 N–H and O–H groups in total. The molecule has 0 radical (unpaired) electrons. The second-order valence-corrected chi connectivity index (χ2v) is 14.5. The number of esters is 1. The van der Waals surface area contributed by atoms with Crippen molar-refractivity contribution in [3.05, 3.63) is 47.7 Å². The summed E-state index contributed by atoms with van der Waals surface area (Å²) in [7, 11) is 0. The number of carbonyl (C=O) groups excluding carboxylic acids is 4. The average Bonchev–Trinajstić information content (AvgIpc) is 3.08. The highest BCUT2D eigenvalue weighted by molar-refractivity contribution is 5.92. The summed E-state index contributed by atoms with van der Waals surface area (Å²) in [5, 5.41) is 16.9. The van der Waals surface area contributed by atoms with Gasteiger partial charge in [-0.1, -0.05) is 38.1 Å². The SMILES string of the molecule is CC(NC(=O)C(OC(=O)C1(/C=C/c2ccc3ccc([C@@H](C)NC(=O)OC(C)(C)C)nc3c2)CCCCO1)C(C)C)C(=O)N1CCCC(C(=O)O)N1. The van der Waals surface area contributed by atoms with Crippen LogP contribution in [0.1, 0.15) is 97.9 Å². The molecule has 2 aromatic rings. The molecule has 1 aromatic heterocycles. The first kappa shape index (κ1) is 39.2. The van der Waals surface area contributed by atoms with Crippen molar-refractivity contribution < 1.29 is 43.3 Å². The van der Waals surface area contributed by atoms with Crippen molar-refractivity contribution >= 4 is 46.8 Å². The first-order chi connectivity index (χ1) is 24.0. The summed E-state index contributed by atoms with van der Waals surface area (Å²) in [6.45, 7) is 12.8. The third-order valence-electron chi connectivity index (χ3n) is 8.68. The van der Waals surface area contributed by atoms with Crippen LogP contribution in [0.4, 0.5) is 4.79 Å². The van der Waals surface area contributed by atoms with Crippen LogP contribution in [0.15, 0.2) is 36.4 Å². The number of hydrazine groups is 1. The number of benzene rings is 1. The number of hydrogen-bond donors (Lipinski definition) is 4. The van der Waals surface area contributed by atoms with E-state index in [0.717, 1.165) is 17.4 Å². The van der Waals surface area contributed by atoms with E-state index in [9.17, 15) is 29.1 Å². The summed E-state index contributed by atoms with van der Waals surface area (Å²) in [4.78, 5) is 68.8. The maximum Gasteiger partial charge on any atom is 0.408 e. The van der Waals surface area contributed by atoms with E-state index < -0.39 is 71.2 Å². The number of carboxylic acids is 1. The summed E-state index contributed by atoms with van der Waals surface area (Å²) >= 11 is 0. The molecule has 1 aromatic carbocycles. The van der Waals surface area contributed by atoms with Gasteiger partial charge in [0.25, 0.3) is 11.8 Å². The molecular formula is C37H51N5O9. The van der Waals surface area contributed by atoms with Crippen molar-refractivity contribution in [2.75, 3.05) is 13.2 Å². The van der Waals surface area contributed by atoms with Gasteiger partial charge in [0.1, 0.15) is 17.7 Å². The number of alkyl carbamates (subject to hydrolysis) is 1. The normalized spacial score (nSPS) is 21.5. The molecule has 0 aliphatic carbocycles. The zero-order chi connectivity index (χ0) is 37.5. The highest BCUT2D eigenvalue weighted by Gasteiger charge is 2.43. The average molecular weight is 710 g/mol. The lowest BCUT2D eigenvalue weighted by Gasteiger charge is -2.35. The Bertz CT molecular complexity index is 1630. The molecule has 14 nitrogen and oxygen atoms in total. The van der Waals surface area contributed by atoms with E-state index in [-0.39, 0.29) is 0 Å². The molecule has 2 saturated heterocycles. The summed E-state index contributed by atoms with van der Waals surface area (Å²) in [6.07, 6.45) is 4.37. The number of carbonyl (C=O) groups is 5. The number of amides is 3. The first-order valence-corrected chi connectivity index (χ1v) is 17.5. The molecule has 3 heterocycles. The Kier molecular flexibility index (Phi) is 12.8. The van der Waals surface area contributed by atoms with Crippen LogP contribution in [-0.4, -0.2) is 87.5 Å². The van der Waals surface area contributed by atoms with E-state index in [1.54, 1.807) is 46.8 Å². The van der Waals surface area contributed by atoms with E-state index >= 15 is 0 Å². The van der Waals surface area contributed by atoms with E-state index in [4.69, 9.17) is 19.2 Å². The van der Waals surface area contributed by atoms with Crippen molar-refractivity contribution in [3.63, 3.8) is 0 Å². The molecule has 278 valence electrons.